The summed E-state index contributed by atoms with van der Waals surface area (Å²) in [6, 6.07) is 6.44. The minimum Gasteiger partial charge on any atom is -0.356 e. The predicted molar refractivity (Wildman–Crippen MR) is 76.1 cm³/mol. The summed E-state index contributed by atoms with van der Waals surface area (Å²) >= 11 is 1.48. The number of rotatable bonds is 2. The number of benzene rings is 1. The van der Waals surface area contributed by atoms with E-state index in [-0.39, 0.29) is 5.82 Å². The van der Waals surface area contributed by atoms with Crippen LogP contribution in [0.1, 0.15) is 6.42 Å². The average molecular weight is 276 g/mol. The molecule has 0 radical (unpaired) electrons. The first-order valence-corrected chi connectivity index (χ1v) is 6.96. The summed E-state index contributed by atoms with van der Waals surface area (Å²) in [5.74, 6) is 0.504. The van der Waals surface area contributed by atoms with E-state index >= 15 is 0 Å². The summed E-state index contributed by atoms with van der Waals surface area (Å²) in [4.78, 5) is 8.76. The average Bonchev–Trinajstić information content (AvgIpc) is 2.88. The number of nitrogens with one attached hydrogen (secondary N) is 2. The van der Waals surface area contributed by atoms with Crippen molar-refractivity contribution in [2.75, 3.05) is 18.4 Å². The summed E-state index contributed by atoms with van der Waals surface area (Å²) in [5.41, 5.74) is 1.55. The van der Waals surface area contributed by atoms with Gasteiger partial charge in [-0.15, -0.1) is 11.3 Å². The lowest BCUT2D eigenvalue weighted by molar-refractivity contribution is 0.628. The van der Waals surface area contributed by atoms with E-state index < -0.39 is 0 Å². The Bertz CT molecular complexity index is 608. The lowest BCUT2D eigenvalue weighted by Gasteiger charge is -2.14. The second kappa shape index (κ2) is 5.36. The molecular formula is C13H13FN4S. The number of anilines is 1. The van der Waals surface area contributed by atoms with Crippen molar-refractivity contribution in [2.24, 2.45) is 4.99 Å². The Balaban J connectivity index is 1.77. The molecular weight excluding hydrogens is 263 g/mol. The van der Waals surface area contributed by atoms with Crippen molar-refractivity contribution >= 4 is 22.4 Å². The molecule has 0 fully saturated rings. The Labute approximate surface area is 114 Å². The molecule has 19 heavy (non-hydrogen) atoms. The van der Waals surface area contributed by atoms with Gasteiger partial charge in [0.1, 0.15) is 5.82 Å². The second-order valence-corrected chi connectivity index (χ2v) is 5.04. The predicted octanol–water partition coefficient (Wildman–Crippen LogP) is 2.71. The first-order chi connectivity index (χ1) is 9.31. The fourth-order valence-electron chi connectivity index (χ4n) is 1.83. The van der Waals surface area contributed by atoms with Crippen LogP contribution in [0, 0.1) is 5.82 Å². The molecule has 6 heteroatoms. The van der Waals surface area contributed by atoms with Gasteiger partial charge in [-0.05, 0) is 18.6 Å². The molecule has 0 bridgehead atoms. The van der Waals surface area contributed by atoms with Crippen LogP contribution >= 0.6 is 11.3 Å². The van der Waals surface area contributed by atoms with Crippen LogP contribution in [-0.4, -0.2) is 24.0 Å². The van der Waals surface area contributed by atoms with Gasteiger partial charge in [-0.3, -0.25) is 4.99 Å². The normalized spacial score (nSPS) is 14.7. The molecule has 3 rings (SSSR count). The highest BCUT2D eigenvalue weighted by molar-refractivity contribution is 7.14. The molecule has 0 spiro atoms. The summed E-state index contributed by atoms with van der Waals surface area (Å²) < 4.78 is 13.2. The van der Waals surface area contributed by atoms with Crippen LogP contribution in [0.2, 0.25) is 0 Å². The molecule has 2 N–H and O–H groups in total. The Kier molecular flexibility index (Phi) is 3.41. The van der Waals surface area contributed by atoms with Gasteiger partial charge >= 0.3 is 0 Å². The molecule has 4 nitrogen and oxygen atoms in total. The molecule has 2 aromatic rings. The highest BCUT2D eigenvalue weighted by Crippen LogP contribution is 2.25. The number of hydrogen-bond donors (Lipinski definition) is 2. The zero-order chi connectivity index (χ0) is 13.1. The van der Waals surface area contributed by atoms with E-state index in [9.17, 15) is 4.39 Å². The molecule has 0 amide bonds. The van der Waals surface area contributed by atoms with Gasteiger partial charge in [0.2, 0.25) is 0 Å². The Morgan fingerprint density at radius 3 is 3.11 bits per heavy atom. The lowest BCUT2D eigenvalue weighted by atomic mass is 10.2. The number of hydrogen-bond acceptors (Lipinski definition) is 5. The van der Waals surface area contributed by atoms with Gasteiger partial charge in [0.25, 0.3) is 0 Å². The smallest absolute Gasteiger partial charge is 0.197 e. The maximum absolute atomic E-state index is 13.2. The van der Waals surface area contributed by atoms with Crippen molar-refractivity contribution in [2.45, 2.75) is 6.42 Å². The van der Waals surface area contributed by atoms with Gasteiger partial charge < -0.3 is 10.6 Å². The Morgan fingerprint density at radius 1 is 1.37 bits per heavy atom. The van der Waals surface area contributed by atoms with E-state index in [0.717, 1.165) is 41.9 Å². The van der Waals surface area contributed by atoms with Gasteiger partial charge in [-0.25, -0.2) is 9.37 Å². The first kappa shape index (κ1) is 12.1. The van der Waals surface area contributed by atoms with E-state index in [1.807, 2.05) is 11.4 Å². The van der Waals surface area contributed by atoms with Crippen molar-refractivity contribution in [3.63, 3.8) is 0 Å². The van der Waals surface area contributed by atoms with E-state index in [0.29, 0.717) is 0 Å². The first-order valence-electron chi connectivity index (χ1n) is 6.08. The largest absolute Gasteiger partial charge is 0.356 e. The van der Waals surface area contributed by atoms with Gasteiger partial charge in [-0.1, -0.05) is 12.1 Å². The maximum atomic E-state index is 13.2. The molecule has 0 atom stereocenters. The van der Waals surface area contributed by atoms with Crippen LogP contribution in [0.4, 0.5) is 9.52 Å². The van der Waals surface area contributed by atoms with Gasteiger partial charge in [0.15, 0.2) is 11.1 Å². The standard InChI is InChI=1S/C13H13FN4S/c14-10-4-1-3-9(7-10)11-8-19-13(17-11)18-12-15-5-2-6-16-12/h1,3-4,7-8H,2,5-6H2,(H2,15,16,17,18). The van der Waals surface area contributed by atoms with Crippen molar-refractivity contribution in [1.29, 1.82) is 0 Å². The number of nitrogens with zero attached hydrogens (tertiary/aromatic N) is 2. The summed E-state index contributed by atoms with van der Waals surface area (Å²) in [5, 5.41) is 8.97. The molecule has 1 aromatic heterocycles. The zero-order valence-electron chi connectivity index (χ0n) is 10.2. The topological polar surface area (TPSA) is 49.3 Å². The van der Waals surface area contributed by atoms with Crippen molar-refractivity contribution < 1.29 is 4.39 Å². The third-order valence-corrected chi connectivity index (χ3v) is 3.50. The molecule has 0 unspecified atom stereocenters. The third-order valence-electron chi connectivity index (χ3n) is 2.75. The van der Waals surface area contributed by atoms with E-state index in [4.69, 9.17) is 0 Å². The van der Waals surface area contributed by atoms with Crippen molar-refractivity contribution in [3.05, 3.63) is 35.5 Å². The van der Waals surface area contributed by atoms with Gasteiger partial charge in [0, 0.05) is 24.0 Å². The molecule has 2 heterocycles. The number of guanidine groups is 1. The number of thiazole rings is 1. The minimum atomic E-state index is -0.252. The number of halogens is 1. The number of aromatic nitrogens is 1. The molecule has 0 aliphatic carbocycles. The van der Waals surface area contributed by atoms with Crippen LogP contribution in [0.15, 0.2) is 34.6 Å². The summed E-state index contributed by atoms with van der Waals surface area (Å²) in [7, 11) is 0. The van der Waals surface area contributed by atoms with Crippen LogP contribution in [0.25, 0.3) is 11.3 Å². The monoisotopic (exact) mass is 276 g/mol. The quantitative estimate of drug-likeness (QED) is 0.886. The molecule has 0 saturated carbocycles. The number of aliphatic imine (C=N–C) groups is 1. The van der Waals surface area contributed by atoms with Crippen LogP contribution in [0.3, 0.4) is 0 Å². The Morgan fingerprint density at radius 2 is 2.32 bits per heavy atom. The fourth-order valence-corrected chi connectivity index (χ4v) is 2.55. The van der Waals surface area contributed by atoms with Gasteiger partial charge in [0.05, 0.1) is 5.69 Å². The minimum absolute atomic E-state index is 0.252. The molecule has 0 saturated heterocycles. The van der Waals surface area contributed by atoms with Gasteiger partial charge in [-0.2, -0.15) is 0 Å². The van der Waals surface area contributed by atoms with Crippen molar-refractivity contribution in [1.82, 2.24) is 10.3 Å². The van der Waals surface area contributed by atoms with Crippen LogP contribution in [0.5, 0.6) is 0 Å². The summed E-state index contributed by atoms with van der Waals surface area (Å²) in [6.45, 7) is 1.76. The van der Waals surface area contributed by atoms with Crippen LogP contribution in [-0.2, 0) is 0 Å². The van der Waals surface area contributed by atoms with E-state index in [2.05, 4.69) is 20.6 Å². The SMILES string of the molecule is Fc1cccc(-c2csc(NC3=NCCCN3)n2)c1. The fraction of sp³-hybridized carbons (Fsp3) is 0.231. The zero-order valence-corrected chi connectivity index (χ0v) is 11.0. The Hall–Kier alpha value is -1.95. The molecule has 1 aliphatic rings. The molecule has 1 aromatic carbocycles. The second-order valence-electron chi connectivity index (χ2n) is 4.18. The third kappa shape index (κ3) is 2.90. The van der Waals surface area contributed by atoms with Crippen molar-refractivity contribution in [3.8, 4) is 11.3 Å². The maximum Gasteiger partial charge on any atom is 0.197 e. The molecule has 1 aliphatic heterocycles. The lowest BCUT2D eigenvalue weighted by Crippen LogP contribution is -2.35. The molecule has 98 valence electrons. The summed E-state index contributed by atoms with van der Waals surface area (Å²) in [6.07, 6.45) is 1.05. The van der Waals surface area contributed by atoms with Crippen LogP contribution < -0.4 is 10.6 Å². The van der Waals surface area contributed by atoms with E-state index in [1.54, 1.807) is 6.07 Å². The highest BCUT2D eigenvalue weighted by atomic mass is 32.1. The highest BCUT2D eigenvalue weighted by Gasteiger charge is 2.08. The van der Waals surface area contributed by atoms with E-state index in [1.165, 1.54) is 23.5 Å².